The smallest absolute Gasteiger partial charge is 0.262 e. The van der Waals surface area contributed by atoms with E-state index in [9.17, 15) is 13.5 Å². The maximum absolute atomic E-state index is 12.5. The molecular weight excluding hydrogens is 276 g/mol. The number of phenolic OH excluding ortho intramolecular Hbond substituents is 1. The molecule has 0 aromatic heterocycles. The van der Waals surface area contributed by atoms with Crippen LogP contribution >= 0.6 is 0 Å². The predicted molar refractivity (Wildman–Crippen MR) is 79.2 cm³/mol. The zero-order valence-corrected chi connectivity index (χ0v) is 12.0. The summed E-state index contributed by atoms with van der Waals surface area (Å²) in [4.78, 5) is 0.167. The molecule has 2 aromatic carbocycles. The van der Waals surface area contributed by atoms with Gasteiger partial charge in [0.05, 0.1) is 10.6 Å². The Labute approximate surface area is 118 Å². The number of phenols is 1. The van der Waals surface area contributed by atoms with Gasteiger partial charge in [-0.05, 0) is 43.2 Å². The summed E-state index contributed by atoms with van der Waals surface area (Å²) in [5.74, 6) is -0.00813. The summed E-state index contributed by atoms with van der Waals surface area (Å²) < 4.78 is 27.4. The maximum atomic E-state index is 12.5. The SMILES string of the molecule is Cc1ccc(N)c(C)c1S(=O)(=O)Nc1cccc(O)c1. The fraction of sp³-hybridized carbons (Fsp3) is 0.143. The third-order valence-corrected chi connectivity index (χ3v) is 4.68. The average Bonchev–Trinajstić information content (AvgIpc) is 2.33. The summed E-state index contributed by atoms with van der Waals surface area (Å²) in [6.07, 6.45) is 0. The molecule has 0 aliphatic rings. The molecule has 20 heavy (non-hydrogen) atoms. The lowest BCUT2D eigenvalue weighted by molar-refractivity contribution is 0.475. The van der Waals surface area contributed by atoms with Gasteiger partial charge < -0.3 is 10.8 Å². The van der Waals surface area contributed by atoms with Crippen molar-refractivity contribution in [2.45, 2.75) is 18.7 Å². The van der Waals surface area contributed by atoms with Crippen LogP contribution in [0, 0.1) is 13.8 Å². The predicted octanol–water partition coefficient (Wildman–Crippen LogP) is 2.39. The molecule has 0 fully saturated rings. The van der Waals surface area contributed by atoms with Crippen molar-refractivity contribution < 1.29 is 13.5 Å². The summed E-state index contributed by atoms with van der Waals surface area (Å²) >= 11 is 0. The first-order chi connectivity index (χ1) is 9.31. The number of aromatic hydroxyl groups is 1. The van der Waals surface area contributed by atoms with Gasteiger partial charge >= 0.3 is 0 Å². The van der Waals surface area contributed by atoms with Crippen LogP contribution in [0.25, 0.3) is 0 Å². The van der Waals surface area contributed by atoms with Crippen LogP contribution in [0.3, 0.4) is 0 Å². The van der Waals surface area contributed by atoms with E-state index < -0.39 is 10.0 Å². The highest BCUT2D eigenvalue weighted by atomic mass is 32.2. The summed E-state index contributed by atoms with van der Waals surface area (Å²) in [6, 6.07) is 9.28. The van der Waals surface area contributed by atoms with Gasteiger partial charge in [-0.15, -0.1) is 0 Å². The van der Waals surface area contributed by atoms with E-state index in [0.29, 0.717) is 22.5 Å². The minimum absolute atomic E-state index is 0.00813. The molecule has 0 unspecified atom stereocenters. The topological polar surface area (TPSA) is 92.4 Å². The number of nitrogens with two attached hydrogens (primary N) is 1. The van der Waals surface area contributed by atoms with Gasteiger partial charge in [-0.25, -0.2) is 8.42 Å². The number of nitrogens with one attached hydrogen (secondary N) is 1. The molecule has 0 saturated carbocycles. The fourth-order valence-electron chi connectivity index (χ4n) is 2.03. The third kappa shape index (κ3) is 2.70. The second kappa shape index (κ2) is 5.05. The van der Waals surface area contributed by atoms with Crippen molar-refractivity contribution in [1.82, 2.24) is 0 Å². The number of rotatable bonds is 3. The normalized spacial score (nSPS) is 11.3. The molecule has 0 saturated heterocycles. The number of benzene rings is 2. The summed E-state index contributed by atoms with van der Waals surface area (Å²) in [5.41, 5.74) is 7.62. The van der Waals surface area contributed by atoms with Gasteiger partial charge in [0, 0.05) is 11.8 Å². The second-order valence-electron chi connectivity index (χ2n) is 4.58. The van der Waals surface area contributed by atoms with Crippen molar-refractivity contribution in [3.63, 3.8) is 0 Å². The number of anilines is 2. The second-order valence-corrected chi connectivity index (χ2v) is 6.20. The molecule has 0 heterocycles. The number of sulfonamides is 1. The molecule has 106 valence electrons. The van der Waals surface area contributed by atoms with Crippen molar-refractivity contribution in [2.75, 3.05) is 10.5 Å². The monoisotopic (exact) mass is 292 g/mol. The maximum Gasteiger partial charge on any atom is 0.262 e. The lowest BCUT2D eigenvalue weighted by Gasteiger charge is -2.14. The standard InChI is InChI=1S/C14H16N2O3S/c1-9-6-7-13(15)10(2)14(9)20(18,19)16-11-4-3-5-12(17)8-11/h3-8,16-17H,15H2,1-2H3. The first kappa shape index (κ1) is 14.2. The molecule has 0 atom stereocenters. The highest BCUT2D eigenvalue weighted by molar-refractivity contribution is 7.92. The Morgan fingerprint density at radius 2 is 1.85 bits per heavy atom. The van der Waals surface area contributed by atoms with Gasteiger partial charge in [-0.2, -0.15) is 0 Å². The molecule has 2 aromatic rings. The van der Waals surface area contributed by atoms with Crippen LogP contribution in [0.4, 0.5) is 11.4 Å². The molecule has 0 aliphatic heterocycles. The quantitative estimate of drug-likeness (QED) is 0.757. The number of hydrogen-bond donors (Lipinski definition) is 3. The van der Waals surface area contributed by atoms with E-state index in [1.165, 1.54) is 12.1 Å². The Hall–Kier alpha value is -2.21. The van der Waals surface area contributed by atoms with Gasteiger partial charge in [0.15, 0.2) is 0 Å². The average molecular weight is 292 g/mol. The Morgan fingerprint density at radius 1 is 1.15 bits per heavy atom. The van der Waals surface area contributed by atoms with Crippen LogP contribution < -0.4 is 10.5 Å². The number of aryl methyl sites for hydroxylation is 1. The van der Waals surface area contributed by atoms with E-state index in [0.717, 1.165) is 0 Å². The van der Waals surface area contributed by atoms with Gasteiger partial charge in [0.25, 0.3) is 10.0 Å². The molecule has 0 amide bonds. The largest absolute Gasteiger partial charge is 0.508 e. The molecule has 6 heteroatoms. The first-order valence-electron chi connectivity index (χ1n) is 5.99. The van der Waals surface area contributed by atoms with Crippen molar-refractivity contribution >= 4 is 21.4 Å². The van der Waals surface area contributed by atoms with Crippen molar-refractivity contribution in [2.24, 2.45) is 0 Å². The van der Waals surface area contributed by atoms with E-state index in [1.807, 2.05) is 0 Å². The van der Waals surface area contributed by atoms with Crippen LogP contribution in [0.5, 0.6) is 5.75 Å². The van der Waals surface area contributed by atoms with Crippen LogP contribution in [0.2, 0.25) is 0 Å². The van der Waals surface area contributed by atoms with Crippen LogP contribution in [0.1, 0.15) is 11.1 Å². The van der Waals surface area contributed by atoms with E-state index >= 15 is 0 Å². The highest BCUT2D eigenvalue weighted by Gasteiger charge is 2.21. The molecule has 0 spiro atoms. The minimum Gasteiger partial charge on any atom is -0.508 e. The Morgan fingerprint density at radius 3 is 2.50 bits per heavy atom. The molecular formula is C14H16N2O3S. The highest BCUT2D eigenvalue weighted by Crippen LogP contribution is 2.27. The van der Waals surface area contributed by atoms with Gasteiger partial charge in [-0.3, -0.25) is 4.72 Å². The van der Waals surface area contributed by atoms with Gasteiger partial charge in [0.1, 0.15) is 5.75 Å². The van der Waals surface area contributed by atoms with Crippen LogP contribution in [0.15, 0.2) is 41.3 Å². The zero-order valence-electron chi connectivity index (χ0n) is 11.2. The summed E-state index contributed by atoms with van der Waals surface area (Å²) in [6.45, 7) is 3.38. The van der Waals surface area contributed by atoms with E-state index in [-0.39, 0.29) is 10.6 Å². The molecule has 2 rings (SSSR count). The fourth-order valence-corrected chi connectivity index (χ4v) is 3.58. The minimum atomic E-state index is -3.76. The van der Waals surface area contributed by atoms with Crippen molar-refractivity contribution in [1.29, 1.82) is 0 Å². The van der Waals surface area contributed by atoms with E-state index in [2.05, 4.69) is 4.72 Å². The molecule has 0 bridgehead atoms. The van der Waals surface area contributed by atoms with Crippen LogP contribution in [-0.2, 0) is 10.0 Å². The zero-order chi connectivity index (χ0) is 14.9. The number of hydrogen-bond acceptors (Lipinski definition) is 4. The van der Waals surface area contributed by atoms with Crippen LogP contribution in [-0.4, -0.2) is 13.5 Å². The molecule has 5 nitrogen and oxygen atoms in total. The van der Waals surface area contributed by atoms with Gasteiger partial charge in [0.2, 0.25) is 0 Å². The Bertz CT molecular complexity index is 755. The van der Waals surface area contributed by atoms with Gasteiger partial charge in [-0.1, -0.05) is 12.1 Å². The molecule has 0 radical (unpaired) electrons. The van der Waals surface area contributed by atoms with E-state index in [4.69, 9.17) is 5.73 Å². The first-order valence-corrected chi connectivity index (χ1v) is 7.47. The molecule has 4 N–H and O–H groups in total. The third-order valence-electron chi connectivity index (χ3n) is 3.01. The summed E-state index contributed by atoms with van der Waals surface area (Å²) in [5, 5.41) is 9.38. The van der Waals surface area contributed by atoms with Crippen molar-refractivity contribution in [3.05, 3.63) is 47.5 Å². The molecule has 0 aliphatic carbocycles. The lowest BCUT2D eigenvalue weighted by atomic mass is 10.1. The Balaban J connectivity index is 2.49. The van der Waals surface area contributed by atoms with E-state index in [1.54, 1.807) is 38.1 Å². The van der Waals surface area contributed by atoms with Crippen molar-refractivity contribution in [3.8, 4) is 5.75 Å². The lowest BCUT2D eigenvalue weighted by Crippen LogP contribution is -2.16. The summed E-state index contributed by atoms with van der Waals surface area (Å²) in [7, 11) is -3.76. The number of nitrogen functional groups attached to an aromatic ring is 1. The Kier molecular flexibility index (Phi) is 3.59.